The fourth-order valence-electron chi connectivity index (χ4n) is 3.99. The number of carbonyl (C=O) groups excluding carboxylic acids is 1. The molecule has 2 aromatic heterocycles. The molecule has 12 heteroatoms. The van der Waals surface area contributed by atoms with Crippen LogP contribution in [0.4, 0.5) is 15.0 Å². The number of amides is 1. The molecule has 0 bridgehead atoms. The minimum atomic E-state index is -3.34. The zero-order chi connectivity index (χ0) is 24.0. The number of anilines is 1. The average molecular weight is 476 g/mol. The Hall–Kier alpha value is -3.28. The van der Waals surface area contributed by atoms with Crippen molar-refractivity contribution in [3.63, 3.8) is 0 Å². The van der Waals surface area contributed by atoms with Gasteiger partial charge in [-0.05, 0) is 18.9 Å². The van der Waals surface area contributed by atoms with Gasteiger partial charge >= 0.3 is 11.7 Å². The number of likely N-dealkylation sites (tertiary alicyclic amines) is 1. The minimum Gasteiger partial charge on any atom is -0.382 e. The summed E-state index contributed by atoms with van der Waals surface area (Å²) in [6, 6.07) is 8.35. The van der Waals surface area contributed by atoms with Crippen LogP contribution in [0.5, 0.6) is 0 Å². The van der Waals surface area contributed by atoms with Crippen molar-refractivity contribution in [3.05, 3.63) is 46.4 Å². The van der Waals surface area contributed by atoms with Crippen LogP contribution in [0.2, 0.25) is 0 Å². The number of imidazole rings is 1. The molecule has 1 unspecified atom stereocenters. The lowest BCUT2D eigenvalue weighted by molar-refractivity contribution is 0.180. The maximum absolute atomic E-state index is 14.4. The van der Waals surface area contributed by atoms with E-state index in [9.17, 15) is 18.2 Å². The Balaban J connectivity index is 1.94. The molecule has 33 heavy (non-hydrogen) atoms. The average Bonchev–Trinajstić information content (AvgIpc) is 3.26. The molecule has 4 rings (SSSR count). The normalized spacial score (nSPS) is 20.3. The molecule has 0 radical (unpaired) electrons. The van der Waals surface area contributed by atoms with Crippen LogP contribution in [0.3, 0.4) is 0 Å². The molecular formula is C21H26FN7O3S. The van der Waals surface area contributed by atoms with Gasteiger partial charge in [0.2, 0.25) is 5.16 Å². The molecule has 2 atom stereocenters. The van der Waals surface area contributed by atoms with E-state index in [1.54, 1.807) is 6.92 Å². The standard InChI is InChI=1S/C21H26FN7O3S/c1-3-11-33(24,32)18-25-16(23)15-17(26-18)28(12-14-7-5-4-6-8-14)20(31)29(15)19(30)27-10-9-21(2,22)13-27/h4-8,24H,3,9-13H2,1-2H3,(H2,23,25,26)/t21-,33?/m0/s1. The highest BCUT2D eigenvalue weighted by Crippen LogP contribution is 2.27. The number of nitrogen functional groups attached to an aromatic ring is 1. The molecule has 1 aromatic carbocycles. The van der Waals surface area contributed by atoms with Crippen molar-refractivity contribution in [1.29, 1.82) is 4.78 Å². The molecule has 3 heterocycles. The van der Waals surface area contributed by atoms with Gasteiger partial charge in [-0.2, -0.15) is 4.98 Å². The largest absolute Gasteiger partial charge is 0.382 e. The monoisotopic (exact) mass is 475 g/mol. The van der Waals surface area contributed by atoms with Crippen LogP contribution in [0, 0.1) is 4.78 Å². The van der Waals surface area contributed by atoms with E-state index in [-0.39, 0.29) is 53.9 Å². The zero-order valence-electron chi connectivity index (χ0n) is 18.5. The lowest BCUT2D eigenvalue weighted by Crippen LogP contribution is -2.40. The Morgan fingerprint density at radius 3 is 2.61 bits per heavy atom. The smallest absolute Gasteiger partial charge is 0.339 e. The predicted molar refractivity (Wildman–Crippen MR) is 123 cm³/mol. The first-order valence-electron chi connectivity index (χ1n) is 10.6. The Kier molecular flexibility index (Phi) is 5.72. The summed E-state index contributed by atoms with van der Waals surface area (Å²) < 4.78 is 37.5. The molecule has 0 spiro atoms. The number of nitrogens with zero attached hydrogens (tertiary/aromatic N) is 5. The van der Waals surface area contributed by atoms with Gasteiger partial charge in [0.15, 0.2) is 11.5 Å². The summed E-state index contributed by atoms with van der Waals surface area (Å²) in [5, 5.41) is -0.279. The van der Waals surface area contributed by atoms with Gasteiger partial charge in [0.1, 0.15) is 20.9 Å². The molecule has 0 saturated carbocycles. The number of halogens is 1. The summed E-state index contributed by atoms with van der Waals surface area (Å²) in [7, 11) is -3.34. The fraction of sp³-hybridized carbons (Fsp3) is 0.429. The second-order valence-electron chi connectivity index (χ2n) is 8.50. The van der Waals surface area contributed by atoms with Crippen molar-refractivity contribution in [2.75, 3.05) is 24.6 Å². The summed E-state index contributed by atoms with van der Waals surface area (Å²) in [6.45, 7) is 3.26. The maximum atomic E-state index is 14.4. The van der Waals surface area contributed by atoms with Gasteiger partial charge in [-0.15, -0.1) is 0 Å². The van der Waals surface area contributed by atoms with Crippen molar-refractivity contribution in [1.82, 2.24) is 24.0 Å². The van der Waals surface area contributed by atoms with E-state index < -0.39 is 27.1 Å². The molecule has 1 saturated heterocycles. The molecule has 3 N–H and O–H groups in total. The molecule has 1 amide bonds. The van der Waals surface area contributed by atoms with E-state index >= 15 is 0 Å². The van der Waals surface area contributed by atoms with Gasteiger partial charge in [0, 0.05) is 18.7 Å². The maximum Gasteiger partial charge on any atom is 0.339 e. The van der Waals surface area contributed by atoms with E-state index in [1.165, 1.54) is 16.4 Å². The van der Waals surface area contributed by atoms with Crippen molar-refractivity contribution >= 4 is 32.7 Å². The van der Waals surface area contributed by atoms with Gasteiger partial charge in [0.25, 0.3) is 0 Å². The van der Waals surface area contributed by atoms with Crippen LogP contribution in [0.1, 0.15) is 32.3 Å². The highest BCUT2D eigenvalue weighted by atomic mass is 32.2. The first kappa shape index (κ1) is 22.9. The van der Waals surface area contributed by atoms with Gasteiger partial charge in [-0.25, -0.2) is 32.5 Å². The SMILES string of the molecule is CCCS(=N)(=O)c1nc(N)c2c(n1)n(Cc1ccccc1)c(=O)n2C(=O)N1CC[C@](C)(F)C1. The first-order chi connectivity index (χ1) is 15.5. The lowest BCUT2D eigenvalue weighted by Gasteiger charge is -2.17. The predicted octanol–water partition coefficient (Wildman–Crippen LogP) is 2.44. The van der Waals surface area contributed by atoms with Crippen molar-refractivity contribution in [2.45, 2.75) is 44.1 Å². The summed E-state index contributed by atoms with van der Waals surface area (Å²) >= 11 is 0. The quantitative estimate of drug-likeness (QED) is 0.543. The first-order valence-corrected chi connectivity index (χ1v) is 12.3. The lowest BCUT2D eigenvalue weighted by atomic mass is 10.1. The Morgan fingerprint density at radius 1 is 1.30 bits per heavy atom. The summed E-state index contributed by atoms with van der Waals surface area (Å²) in [4.78, 5) is 36.3. The minimum absolute atomic E-state index is 0.0120. The highest BCUT2D eigenvalue weighted by Gasteiger charge is 2.38. The number of nitrogens with two attached hydrogens (primary N) is 1. The molecule has 1 aliphatic heterocycles. The second-order valence-corrected chi connectivity index (χ2v) is 10.6. The van der Waals surface area contributed by atoms with Crippen molar-refractivity contribution in [3.8, 4) is 0 Å². The van der Waals surface area contributed by atoms with Gasteiger partial charge in [-0.1, -0.05) is 37.3 Å². The molecule has 176 valence electrons. The number of rotatable bonds is 5. The Bertz CT molecular complexity index is 1380. The third-order valence-corrected chi connectivity index (χ3v) is 7.38. The van der Waals surface area contributed by atoms with Crippen molar-refractivity contribution in [2.24, 2.45) is 0 Å². The number of carbonyl (C=O) groups is 1. The van der Waals surface area contributed by atoms with Crippen LogP contribution in [0.15, 0.2) is 40.3 Å². The molecule has 1 aliphatic rings. The Labute approximate surface area is 190 Å². The summed E-state index contributed by atoms with van der Waals surface area (Å²) in [6.07, 6.45) is 0.626. The fourth-order valence-corrected chi connectivity index (χ4v) is 5.23. The van der Waals surface area contributed by atoms with Crippen LogP contribution in [-0.4, -0.2) is 58.8 Å². The second kappa shape index (κ2) is 8.25. The third kappa shape index (κ3) is 4.22. The van der Waals surface area contributed by atoms with E-state index in [4.69, 9.17) is 10.5 Å². The van der Waals surface area contributed by atoms with E-state index in [2.05, 4.69) is 9.97 Å². The topological polar surface area (TPSA) is 140 Å². The molecular weight excluding hydrogens is 449 g/mol. The van der Waals surface area contributed by atoms with E-state index in [1.807, 2.05) is 30.3 Å². The summed E-state index contributed by atoms with van der Waals surface area (Å²) in [5.41, 5.74) is 4.62. The molecule has 3 aromatic rings. The van der Waals surface area contributed by atoms with E-state index in [0.29, 0.717) is 6.42 Å². The zero-order valence-corrected chi connectivity index (χ0v) is 19.3. The number of aromatic nitrogens is 4. The van der Waals surface area contributed by atoms with Crippen LogP contribution in [-0.2, 0) is 16.3 Å². The van der Waals surface area contributed by atoms with Gasteiger partial charge in [-0.3, -0.25) is 4.57 Å². The van der Waals surface area contributed by atoms with Crippen LogP contribution < -0.4 is 11.4 Å². The molecule has 1 fully saturated rings. The summed E-state index contributed by atoms with van der Waals surface area (Å²) in [5.74, 6) is -0.200. The number of hydrogen-bond acceptors (Lipinski definition) is 7. The van der Waals surface area contributed by atoms with Gasteiger partial charge in [0.05, 0.1) is 13.1 Å². The van der Waals surface area contributed by atoms with Crippen LogP contribution in [0.25, 0.3) is 11.2 Å². The van der Waals surface area contributed by atoms with Crippen molar-refractivity contribution < 1.29 is 13.4 Å². The number of benzene rings is 1. The van der Waals surface area contributed by atoms with E-state index in [0.717, 1.165) is 10.1 Å². The van der Waals surface area contributed by atoms with Gasteiger partial charge < -0.3 is 10.6 Å². The Morgan fingerprint density at radius 2 is 2.00 bits per heavy atom. The number of fused-ring (bicyclic) bond motifs is 1. The third-order valence-electron chi connectivity index (χ3n) is 5.63. The molecule has 0 aliphatic carbocycles. The molecule has 10 nitrogen and oxygen atoms in total. The highest BCUT2D eigenvalue weighted by molar-refractivity contribution is 7.92. The number of nitrogens with one attached hydrogen (secondary N) is 1. The number of alkyl halides is 1. The number of hydrogen-bond donors (Lipinski definition) is 2. The van der Waals surface area contributed by atoms with Crippen LogP contribution >= 0.6 is 0 Å².